The number of hydrogen-bond donors (Lipinski definition) is 2. The van der Waals surface area contributed by atoms with Gasteiger partial charge in [0.1, 0.15) is 5.75 Å². The zero-order valence-corrected chi connectivity index (χ0v) is 17.4. The summed E-state index contributed by atoms with van der Waals surface area (Å²) in [6.45, 7) is 2.73. The summed E-state index contributed by atoms with van der Waals surface area (Å²) in [5, 5.41) is 18.2. The van der Waals surface area contributed by atoms with Crippen LogP contribution in [0, 0.1) is 5.92 Å². The number of unbranched alkanes of at least 4 members (excludes halogenated alkanes) is 1. The zero-order valence-electron chi connectivity index (χ0n) is 17.4. The largest absolute Gasteiger partial charge is 0.494 e. The summed E-state index contributed by atoms with van der Waals surface area (Å²) in [6.07, 6.45) is 21.1. The van der Waals surface area contributed by atoms with Crippen molar-refractivity contribution in [3.05, 3.63) is 78.4 Å². The molecule has 0 aromatic heterocycles. The van der Waals surface area contributed by atoms with Gasteiger partial charge >= 0.3 is 5.97 Å². The van der Waals surface area contributed by atoms with Crippen molar-refractivity contribution in [2.75, 3.05) is 13.2 Å². The highest BCUT2D eigenvalue weighted by Crippen LogP contribution is 2.15. The summed E-state index contributed by atoms with van der Waals surface area (Å²) in [6, 6.07) is 7.49. The van der Waals surface area contributed by atoms with Gasteiger partial charge in [-0.15, -0.1) is 0 Å². The van der Waals surface area contributed by atoms with Crippen LogP contribution in [-0.4, -0.2) is 29.4 Å². The number of carbonyl (C=O) groups is 1. The predicted molar refractivity (Wildman–Crippen MR) is 119 cm³/mol. The van der Waals surface area contributed by atoms with E-state index in [1.54, 1.807) is 0 Å². The fourth-order valence-corrected chi connectivity index (χ4v) is 2.58. The molecule has 0 fully saturated rings. The summed E-state index contributed by atoms with van der Waals surface area (Å²) in [5.41, 5.74) is 0.981. The van der Waals surface area contributed by atoms with Crippen LogP contribution in [0.25, 0.3) is 0 Å². The smallest absolute Gasteiger partial charge is 0.303 e. The molecule has 0 spiro atoms. The fourth-order valence-electron chi connectivity index (χ4n) is 2.58. The number of rotatable bonds is 15. The van der Waals surface area contributed by atoms with Crippen molar-refractivity contribution in [1.82, 2.24) is 0 Å². The number of aliphatic hydroxyl groups is 1. The molecule has 1 rings (SSSR count). The summed E-state index contributed by atoms with van der Waals surface area (Å²) in [5.74, 6) is 0.0142. The lowest BCUT2D eigenvalue weighted by molar-refractivity contribution is -0.136. The van der Waals surface area contributed by atoms with Crippen molar-refractivity contribution in [1.29, 1.82) is 0 Å². The van der Waals surface area contributed by atoms with E-state index in [2.05, 4.69) is 25.2 Å². The predicted octanol–water partition coefficient (Wildman–Crippen LogP) is 5.50. The van der Waals surface area contributed by atoms with Crippen molar-refractivity contribution < 1.29 is 19.7 Å². The van der Waals surface area contributed by atoms with Gasteiger partial charge in [0, 0.05) is 18.9 Å². The Morgan fingerprint density at radius 2 is 1.76 bits per heavy atom. The Hall–Kier alpha value is -2.59. The molecular weight excluding hydrogens is 364 g/mol. The highest BCUT2D eigenvalue weighted by atomic mass is 16.5. The van der Waals surface area contributed by atoms with Gasteiger partial charge < -0.3 is 14.9 Å². The molecule has 29 heavy (non-hydrogen) atoms. The first kappa shape index (κ1) is 24.4. The maximum absolute atomic E-state index is 10.6. The molecular formula is C25H34O4. The van der Waals surface area contributed by atoms with Crippen molar-refractivity contribution in [3.63, 3.8) is 0 Å². The number of carboxylic acid groups (broad SMARTS) is 1. The summed E-state index contributed by atoms with van der Waals surface area (Å²) < 4.78 is 5.72. The molecule has 4 nitrogen and oxygen atoms in total. The van der Waals surface area contributed by atoms with Crippen LogP contribution in [0.1, 0.15) is 44.6 Å². The highest BCUT2D eigenvalue weighted by molar-refractivity contribution is 5.67. The molecule has 0 amide bonds. The molecule has 2 N–H and O–H groups in total. The first-order valence-corrected chi connectivity index (χ1v) is 10.3. The number of aryl methyl sites for hydroxylation is 1. The topological polar surface area (TPSA) is 66.8 Å². The fraction of sp³-hybridized carbons (Fsp3) is 0.400. The van der Waals surface area contributed by atoms with E-state index in [1.807, 2.05) is 54.6 Å². The molecule has 0 heterocycles. The van der Waals surface area contributed by atoms with Gasteiger partial charge in [-0.2, -0.15) is 0 Å². The van der Waals surface area contributed by atoms with Crippen molar-refractivity contribution in [3.8, 4) is 5.75 Å². The molecule has 1 atom stereocenters. The first-order chi connectivity index (χ1) is 14.2. The average Bonchev–Trinajstić information content (AvgIpc) is 2.73. The van der Waals surface area contributed by atoms with Gasteiger partial charge in [-0.05, 0) is 49.8 Å². The quantitative estimate of drug-likeness (QED) is 0.233. The minimum atomic E-state index is -0.792. The number of aliphatic hydroxyl groups excluding tert-OH is 1. The van der Waals surface area contributed by atoms with E-state index in [0.717, 1.165) is 37.0 Å². The third-order valence-corrected chi connectivity index (χ3v) is 4.30. The second kappa shape index (κ2) is 16.4. The summed E-state index contributed by atoms with van der Waals surface area (Å²) in [7, 11) is 0. The number of allylic oxidation sites excluding steroid dienone is 7. The molecule has 4 heteroatoms. The van der Waals surface area contributed by atoms with Gasteiger partial charge in [0.05, 0.1) is 6.61 Å². The lowest BCUT2D eigenvalue weighted by Gasteiger charge is -2.11. The monoisotopic (exact) mass is 398 g/mol. The SMILES string of the molecule is CC/C=C\CC/C=C/C=C\C=C\[C@@H](CO)CCOc1ccc(CCC(=O)O)cc1. The van der Waals surface area contributed by atoms with Crippen LogP contribution in [0.2, 0.25) is 0 Å². The molecule has 0 saturated carbocycles. The molecule has 0 unspecified atom stereocenters. The van der Waals surface area contributed by atoms with E-state index in [-0.39, 0.29) is 18.9 Å². The average molecular weight is 399 g/mol. The number of hydrogen-bond acceptors (Lipinski definition) is 3. The third-order valence-electron chi connectivity index (χ3n) is 4.30. The van der Waals surface area contributed by atoms with E-state index >= 15 is 0 Å². The Labute approximate surface area is 174 Å². The van der Waals surface area contributed by atoms with Crippen LogP contribution < -0.4 is 4.74 Å². The number of carboxylic acids is 1. The number of ether oxygens (including phenoxy) is 1. The molecule has 0 radical (unpaired) electrons. The van der Waals surface area contributed by atoms with Crippen LogP contribution >= 0.6 is 0 Å². The van der Waals surface area contributed by atoms with Crippen LogP contribution in [0.5, 0.6) is 5.75 Å². The van der Waals surface area contributed by atoms with Gasteiger partial charge in [-0.1, -0.05) is 67.7 Å². The summed E-state index contributed by atoms with van der Waals surface area (Å²) in [4.78, 5) is 10.6. The van der Waals surface area contributed by atoms with Crippen LogP contribution in [0.4, 0.5) is 0 Å². The van der Waals surface area contributed by atoms with Gasteiger partial charge in [0.2, 0.25) is 0 Å². The van der Waals surface area contributed by atoms with Gasteiger partial charge in [0.15, 0.2) is 0 Å². The highest BCUT2D eigenvalue weighted by Gasteiger charge is 2.04. The minimum Gasteiger partial charge on any atom is -0.494 e. The normalized spacial score (nSPS) is 13.2. The van der Waals surface area contributed by atoms with Gasteiger partial charge in [-0.25, -0.2) is 0 Å². The van der Waals surface area contributed by atoms with Crippen LogP contribution in [0.3, 0.4) is 0 Å². The second-order valence-electron chi connectivity index (χ2n) is 6.77. The zero-order chi connectivity index (χ0) is 21.2. The van der Waals surface area contributed by atoms with E-state index in [0.29, 0.717) is 13.0 Å². The Balaban J connectivity index is 2.26. The molecule has 0 aliphatic carbocycles. The molecule has 158 valence electrons. The summed E-state index contributed by atoms with van der Waals surface area (Å²) >= 11 is 0. The molecule has 0 saturated heterocycles. The van der Waals surface area contributed by atoms with Gasteiger partial charge in [0.25, 0.3) is 0 Å². The Bertz CT molecular complexity index is 669. The lowest BCUT2D eigenvalue weighted by atomic mass is 10.1. The number of aliphatic carboxylic acids is 1. The van der Waals surface area contributed by atoms with Gasteiger partial charge in [-0.3, -0.25) is 4.79 Å². The molecule has 0 aliphatic heterocycles. The standard InChI is InChI=1S/C25H34O4/c1-2-3-4-5-6-7-8-9-10-11-12-23(21-26)19-20-29-24-16-13-22(14-17-24)15-18-25(27)28/h3-4,7-14,16-17,23,26H,2,5-6,15,18-21H2,1H3,(H,27,28)/b4-3-,8-7+,10-9-,12-11+/t23-/m1/s1. The Morgan fingerprint density at radius 1 is 1.03 bits per heavy atom. The van der Waals surface area contributed by atoms with Crippen molar-refractivity contribution in [2.24, 2.45) is 5.92 Å². The van der Waals surface area contributed by atoms with E-state index in [9.17, 15) is 9.90 Å². The third kappa shape index (κ3) is 13.3. The molecule has 0 bridgehead atoms. The van der Waals surface area contributed by atoms with Crippen LogP contribution in [-0.2, 0) is 11.2 Å². The number of benzene rings is 1. The maximum Gasteiger partial charge on any atom is 0.303 e. The minimum absolute atomic E-state index is 0.0534. The van der Waals surface area contributed by atoms with E-state index < -0.39 is 5.97 Å². The van der Waals surface area contributed by atoms with E-state index in [4.69, 9.17) is 9.84 Å². The van der Waals surface area contributed by atoms with Crippen molar-refractivity contribution >= 4 is 5.97 Å². The van der Waals surface area contributed by atoms with E-state index in [1.165, 1.54) is 0 Å². The second-order valence-corrected chi connectivity index (χ2v) is 6.77. The molecule has 1 aromatic carbocycles. The molecule has 0 aliphatic rings. The Kier molecular flexibility index (Phi) is 13.8. The van der Waals surface area contributed by atoms with Crippen LogP contribution in [0.15, 0.2) is 72.9 Å². The molecule has 1 aromatic rings. The van der Waals surface area contributed by atoms with Crippen molar-refractivity contribution in [2.45, 2.75) is 45.4 Å². The lowest BCUT2D eigenvalue weighted by Crippen LogP contribution is -2.08. The maximum atomic E-state index is 10.6. The Morgan fingerprint density at radius 3 is 2.45 bits per heavy atom. The first-order valence-electron chi connectivity index (χ1n) is 10.3.